The Morgan fingerprint density at radius 2 is 1.87 bits per heavy atom. The summed E-state index contributed by atoms with van der Waals surface area (Å²) >= 11 is 0. The van der Waals surface area contributed by atoms with Crippen molar-refractivity contribution in [2.45, 2.75) is 57.4 Å². The van der Waals surface area contributed by atoms with Crippen LogP contribution in [0.4, 0.5) is 0 Å². The van der Waals surface area contributed by atoms with Crippen LogP contribution in [0, 0.1) is 13.8 Å². The molecule has 1 unspecified atom stereocenters. The van der Waals surface area contributed by atoms with Gasteiger partial charge in [0.05, 0.1) is 17.1 Å². The van der Waals surface area contributed by atoms with Crippen LogP contribution in [0.3, 0.4) is 0 Å². The van der Waals surface area contributed by atoms with Crippen LogP contribution in [0.1, 0.15) is 30.5 Å². The Morgan fingerprint density at radius 3 is 2.52 bits per heavy atom. The molecule has 0 aliphatic carbocycles. The summed E-state index contributed by atoms with van der Waals surface area (Å²) in [5, 5.41) is 9.06. The van der Waals surface area contributed by atoms with Crippen LogP contribution in [0.25, 0.3) is 0 Å². The van der Waals surface area contributed by atoms with Gasteiger partial charge in [0.25, 0.3) is 5.91 Å². The molecule has 0 saturated carbocycles. The number of rotatable bonds is 6. The summed E-state index contributed by atoms with van der Waals surface area (Å²) in [6, 6.07) is 11.0. The van der Waals surface area contributed by atoms with E-state index in [1.165, 1.54) is 17.6 Å². The second kappa shape index (κ2) is 9.35. The van der Waals surface area contributed by atoms with Gasteiger partial charge in [-0.15, -0.1) is 0 Å². The summed E-state index contributed by atoms with van der Waals surface area (Å²) in [6.07, 6.45) is -1.11. The zero-order chi connectivity index (χ0) is 22.8. The monoisotopic (exact) mass is 448 g/mol. The molecule has 1 aliphatic rings. The minimum Gasteiger partial charge on any atom is -0.489 e. The van der Waals surface area contributed by atoms with Crippen molar-refractivity contribution in [1.29, 1.82) is 0 Å². The lowest BCUT2D eigenvalue weighted by molar-refractivity contribution is -0.146. The molecular weight excluding hydrogens is 420 g/mol. The first-order valence-corrected chi connectivity index (χ1v) is 11.5. The first-order valence-electron chi connectivity index (χ1n) is 10.0. The zero-order valence-electron chi connectivity index (χ0n) is 18.0. The van der Waals surface area contributed by atoms with Crippen LogP contribution in [-0.4, -0.2) is 48.6 Å². The van der Waals surface area contributed by atoms with Crippen molar-refractivity contribution in [2.24, 2.45) is 0 Å². The van der Waals surface area contributed by atoms with Crippen molar-refractivity contribution in [3.63, 3.8) is 0 Å². The molecule has 2 aromatic carbocycles. The summed E-state index contributed by atoms with van der Waals surface area (Å²) in [4.78, 5) is 12.2. The molecule has 1 fully saturated rings. The fourth-order valence-electron chi connectivity index (χ4n) is 3.70. The zero-order valence-corrected chi connectivity index (χ0v) is 18.8. The number of amides is 1. The molecule has 3 rings (SSSR count). The number of ether oxygens (including phenoxy) is 2. The van der Waals surface area contributed by atoms with Gasteiger partial charge in [0.15, 0.2) is 0 Å². The molecule has 1 heterocycles. The van der Waals surface area contributed by atoms with Crippen molar-refractivity contribution in [3.8, 4) is 5.75 Å². The van der Waals surface area contributed by atoms with Crippen molar-refractivity contribution >= 4 is 15.9 Å². The van der Waals surface area contributed by atoms with Crippen LogP contribution in [-0.2, 0) is 26.2 Å². The Bertz CT molecular complexity index is 1040. The van der Waals surface area contributed by atoms with E-state index in [0.29, 0.717) is 12.4 Å². The van der Waals surface area contributed by atoms with Gasteiger partial charge in [0.1, 0.15) is 18.4 Å². The predicted octanol–water partition coefficient (Wildman–Crippen LogP) is 2.55. The van der Waals surface area contributed by atoms with E-state index in [-0.39, 0.29) is 11.4 Å². The molecule has 1 saturated heterocycles. The van der Waals surface area contributed by atoms with Gasteiger partial charge >= 0.3 is 0 Å². The second-order valence-electron chi connectivity index (χ2n) is 7.84. The lowest BCUT2D eigenvalue weighted by atomic mass is 10.1. The maximum absolute atomic E-state index is 13.2. The molecule has 3 atom stereocenters. The maximum atomic E-state index is 13.2. The van der Waals surface area contributed by atoms with Gasteiger partial charge < -0.3 is 9.47 Å². The summed E-state index contributed by atoms with van der Waals surface area (Å²) < 4.78 is 39.0. The minimum atomic E-state index is -4.00. The van der Waals surface area contributed by atoms with Gasteiger partial charge in [-0.25, -0.2) is 13.9 Å². The molecule has 9 heteroatoms. The van der Waals surface area contributed by atoms with Gasteiger partial charge in [0.2, 0.25) is 10.0 Å². The number of hydroxylamine groups is 1. The highest BCUT2D eigenvalue weighted by atomic mass is 32.2. The first kappa shape index (κ1) is 23.2. The molecule has 1 amide bonds. The Hall–Kier alpha value is -2.46. The summed E-state index contributed by atoms with van der Waals surface area (Å²) in [7, 11) is -4.00. The van der Waals surface area contributed by atoms with Crippen LogP contribution in [0.5, 0.6) is 5.75 Å². The number of carbonyl (C=O) groups is 1. The number of nitrogens with one attached hydrogen (secondary N) is 1. The molecule has 1 aliphatic heterocycles. The second-order valence-corrected chi connectivity index (χ2v) is 9.73. The number of nitrogens with zero attached hydrogens (tertiary/aromatic N) is 1. The Labute approximate surface area is 182 Å². The predicted molar refractivity (Wildman–Crippen MR) is 114 cm³/mol. The van der Waals surface area contributed by atoms with Gasteiger partial charge in [-0.05, 0) is 63.1 Å². The Balaban J connectivity index is 1.79. The topological polar surface area (TPSA) is 105 Å². The van der Waals surface area contributed by atoms with Crippen molar-refractivity contribution in [2.75, 3.05) is 6.54 Å². The molecule has 8 nitrogen and oxygen atoms in total. The molecule has 2 N–H and O–H groups in total. The van der Waals surface area contributed by atoms with Gasteiger partial charge in [-0.2, -0.15) is 4.31 Å². The smallest absolute Gasteiger partial charge is 0.264 e. The Kier molecular flexibility index (Phi) is 7.00. The largest absolute Gasteiger partial charge is 0.489 e. The number of carbonyl (C=O) groups excluding carboxylic acids is 1. The van der Waals surface area contributed by atoms with E-state index in [9.17, 15) is 13.2 Å². The van der Waals surface area contributed by atoms with E-state index in [2.05, 4.69) is 6.07 Å². The normalized spacial score (nSPS) is 22.2. The molecule has 0 spiro atoms. The van der Waals surface area contributed by atoms with Crippen LogP contribution in [0.2, 0.25) is 0 Å². The van der Waals surface area contributed by atoms with Crippen molar-refractivity contribution in [3.05, 3.63) is 59.2 Å². The van der Waals surface area contributed by atoms with Crippen LogP contribution < -0.4 is 10.2 Å². The number of aryl methyl sites for hydroxylation is 2. The van der Waals surface area contributed by atoms with Gasteiger partial charge in [0, 0.05) is 6.54 Å². The third-order valence-electron chi connectivity index (χ3n) is 5.35. The first-order chi connectivity index (χ1) is 14.6. The highest BCUT2D eigenvalue weighted by molar-refractivity contribution is 7.89. The van der Waals surface area contributed by atoms with E-state index in [4.69, 9.17) is 14.7 Å². The average molecular weight is 449 g/mol. The number of morpholine rings is 1. The van der Waals surface area contributed by atoms with E-state index in [1.807, 2.05) is 26.0 Å². The third kappa shape index (κ3) is 5.07. The molecule has 168 valence electrons. The lowest BCUT2D eigenvalue weighted by Crippen LogP contribution is -2.60. The SMILES string of the molecule is Cc1ccc(C)c(COc2ccc(S(=O)(=O)N3C[C@H](C)OC(C)[C@@H]3C(=O)NO)cc2)c1. The average Bonchev–Trinajstić information content (AvgIpc) is 2.73. The summed E-state index contributed by atoms with van der Waals surface area (Å²) in [5.74, 6) is -0.301. The minimum absolute atomic E-state index is 0.00432. The van der Waals surface area contributed by atoms with Crippen molar-refractivity contribution < 1.29 is 27.9 Å². The molecule has 2 aromatic rings. The third-order valence-corrected chi connectivity index (χ3v) is 7.21. The van der Waals surface area contributed by atoms with Gasteiger partial charge in [-0.3, -0.25) is 10.0 Å². The molecule has 31 heavy (non-hydrogen) atoms. The maximum Gasteiger partial charge on any atom is 0.264 e. The number of benzene rings is 2. The summed E-state index contributed by atoms with van der Waals surface area (Å²) in [5.41, 5.74) is 4.86. The fourth-order valence-corrected chi connectivity index (χ4v) is 5.43. The van der Waals surface area contributed by atoms with E-state index in [0.717, 1.165) is 21.0 Å². The standard InChI is InChI=1S/C22H28N2O6S/c1-14-5-6-15(2)18(11-14)13-29-19-7-9-20(10-8-19)31(27,28)24-12-16(3)30-17(4)21(24)22(25)23-26/h5-11,16-17,21,26H,12-13H2,1-4H3,(H,23,25)/t16-,17?,21+/m0/s1. The Morgan fingerprint density at radius 1 is 1.19 bits per heavy atom. The molecule has 0 radical (unpaired) electrons. The van der Waals surface area contributed by atoms with Crippen LogP contribution >= 0.6 is 0 Å². The summed E-state index contributed by atoms with van der Waals surface area (Å²) in [6.45, 7) is 7.72. The van der Waals surface area contributed by atoms with E-state index >= 15 is 0 Å². The van der Waals surface area contributed by atoms with Crippen molar-refractivity contribution in [1.82, 2.24) is 9.79 Å². The van der Waals surface area contributed by atoms with Gasteiger partial charge in [-0.1, -0.05) is 23.8 Å². The number of sulfonamides is 1. The number of hydrogen-bond acceptors (Lipinski definition) is 6. The van der Waals surface area contributed by atoms with Crippen LogP contribution in [0.15, 0.2) is 47.4 Å². The molecular formula is C22H28N2O6S. The van der Waals surface area contributed by atoms with E-state index < -0.39 is 34.2 Å². The fraction of sp³-hybridized carbons (Fsp3) is 0.409. The molecule has 0 bridgehead atoms. The van der Waals surface area contributed by atoms with E-state index in [1.54, 1.807) is 26.0 Å². The highest BCUT2D eigenvalue weighted by Crippen LogP contribution is 2.27. The quantitative estimate of drug-likeness (QED) is 0.520. The molecule has 0 aromatic heterocycles. The number of hydrogen-bond donors (Lipinski definition) is 2. The lowest BCUT2D eigenvalue weighted by Gasteiger charge is -2.40. The highest BCUT2D eigenvalue weighted by Gasteiger charge is 2.44.